The Balaban J connectivity index is 2.27. The Morgan fingerprint density at radius 1 is 1.10 bits per heavy atom. The predicted molar refractivity (Wildman–Crippen MR) is 81.6 cm³/mol. The van der Waals surface area contributed by atoms with Crippen molar-refractivity contribution in [3.8, 4) is 0 Å². The second-order valence-corrected chi connectivity index (χ2v) is 5.30. The summed E-state index contributed by atoms with van der Waals surface area (Å²) in [7, 11) is 1.75. The lowest BCUT2D eigenvalue weighted by Crippen LogP contribution is -2.45. The van der Waals surface area contributed by atoms with Crippen LogP contribution in [0.2, 0.25) is 0 Å². The molecule has 118 valence electrons. The van der Waals surface area contributed by atoms with E-state index in [0.29, 0.717) is 24.3 Å². The molecule has 2 rings (SSSR count). The number of hydrogen-bond donors (Lipinski definition) is 4. The lowest BCUT2D eigenvalue weighted by Gasteiger charge is -2.30. The molecule has 1 aliphatic rings. The van der Waals surface area contributed by atoms with Gasteiger partial charge < -0.3 is 25.7 Å². The molecule has 8 heteroatoms. The second kappa shape index (κ2) is 6.86. The summed E-state index contributed by atoms with van der Waals surface area (Å²) in [4.78, 5) is 15.2. The van der Waals surface area contributed by atoms with Crippen LogP contribution in [0.1, 0.15) is 26.2 Å². The molecule has 0 saturated carbocycles. The van der Waals surface area contributed by atoms with E-state index in [2.05, 4.69) is 30.5 Å². The molecule has 0 atom stereocenters. The minimum atomic E-state index is -0.825. The third-order valence-electron chi connectivity index (χ3n) is 3.90. The van der Waals surface area contributed by atoms with E-state index in [1.54, 1.807) is 7.05 Å². The minimum Gasteiger partial charge on any atom is -0.394 e. The number of anilines is 3. The van der Waals surface area contributed by atoms with Gasteiger partial charge in [0.15, 0.2) is 0 Å². The molecule has 0 radical (unpaired) electrons. The van der Waals surface area contributed by atoms with Gasteiger partial charge in [0.05, 0.1) is 18.8 Å². The molecular weight excluding hydrogens is 272 g/mol. The van der Waals surface area contributed by atoms with Crippen LogP contribution in [0.3, 0.4) is 0 Å². The Morgan fingerprint density at radius 2 is 1.71 bits per heavy atom. The van der Waals surface area contributed by atoms with Crippen molar-refractivity contribution in [1.29, 1.82) is 0 Å². The van der Waals surface area contributed by atoms with Gasteiger partial charge in [0, 0.05) is 20.1 Å². The average molecular weight is 296 g/mol. The van der Waals surface area contributed by atoms with Crippen molar-refractivity contribution in [2.24, 2.45) is 0 Å². The van der Waals surface area contributed by atoms with E-state index in [4.69, 9.17) is 0 Å². The fraction of sp³-hybridized carbons (Fsp3) is 0.769. The van der Waals surface area contributed by atoms with Crippen LogP contribution in [0.5, 0.6) is 0 Å². The number of aliphatic hydroxyl groups excluding tert-OH is 2. The monoisotopic (exact) mass is 296 g/mol. The first kappa shape index (κ1) is 15.7. The molecule has 0 aromatic carbocycles. The largest absolute Gasteiger partial charge is 0.394 e. The van der Waals surface area contributed by atoms with E-state index in [1.165, 1.54) is 0 Å². The Bertz CT molecular complexity index is 452. The van der Waals surface area contributed by atoms with Crippen LogP contribution < -0.4 is 15.5 Å². The lowest BCUT2D eigenvalue weighted by atomic mass is 9.99. The van der Waals surface area contributed by atoms with Gasteiger partial charge >= 0.3 is 0 Å². The van der Waals surface area contributed by atoms with Crippen molar-refractivity contribution in [2.75, 3.05) is 48.9 Å². The summed E-state index contributed by atoms with van der Waals surface area (Å²) >= 11 is 0. The summed E-state index contributed by atoms with van der Waals surface area (Å²) in [5.41, 5.74) is -0.825. The highest BCUT2D eigenvalue weighted by Crippen LogP contribution is 2.21. The van der Waals surface area contributed by atoms with E-state index in [0.717, 1.165) is 25.9 Å². The Kier molecular flexibility index (Phi) is 5.13. The van der Waals surface area contributed by atoms with Crippen LogP contribution in [0.4, 0.5) is 17.8 Å². The number of aliphatic hydroxyl groups is 2. The van der Waals surface area contributed by atoms with Gasteiger partial charge in [0.2, 0.25) is 17.8 Å². The zero-order valence-corrected chi connectivity index (χ0v) is 12.6. The van der Waals surface area contributed by atoms with Crippen LogP contribution in [0, 0.1) is 0 Å². The number of aromatic nitrogens is 3. The Hall–Kier alpha value is -1.67. The van der Waals surface area contributed by atoms with Crippen LogP contribution in [-0.4, -0.2) is 64.1 Å². The van der Waals surface area contributed by atoms with Gasteiger partial charge in [-0.3, -0.25) is 0 Å². The maximum Gasteiger partial charge on any atom is 0.231 e. The SMILES string of the molecule is CCC(CO)(CO)Nc1nc(NC)nc(N2CCCC2)n1. The fourth-order valence-electron chi connectivity index (χ4n) is 2.27. The number of nitrogens with zero attached hydrogens (tertiary/aromatic N) is 4. The molecule has 2 heterocycles. The predicted octanol–water partition coefficient (Wildman–Crippen LogP) is 0.0588. The molecule has 0 unspecified atom stereocenters. The van der Waals surface area contributed by atoms with E-state index in [9.17, 15) is 10.2 Å². The van der Waals surface area contributed by atoms with E-state index in [-0.39, 0.29) is 13.2 Å². The second-order valence-electron chi connectivity index (χ2n) is 5.30. The molecule has 8 nitrogen and oxygen atoms in total. The highest BCUT2D eigenvalue weighted by molar-refractivity contribution is 5.45. The molecule has 0 spiro atoms. The van der Waals surface area contributed by atoms with E-state index < -0.39 is 5.54 Å². The standard InChI is InChI=1S/C13H24N6O2/c1-3-13(8-20,9-21)18-11-15-10(14-2)16-12(17-11)19-6-4-5-7-19/h20-21H,3-9H2,1-2H3,(H2,14,15,16,17,18). The molecule has 21 heavy (non-hydrogen) atoms. The smallest absolute Gasteiger partial charge is 0.231 e. The lowest BCUT2D eigenvalue weighted by molar-refractivity contribution is 0.132. The minimum absolute atomic E-state index is 0.195. The molecule has 1 aromatic heterocycles. The summed E-state index contributed by atoms with van der Waals surface area (Å²) in [5, 5.41) is 25.0. The van der Waals surface area contributed by atoms with Gasteiger partial charge in [0.1, 0.15) is 0 Å². The number of rotatable bonds is 7. The molecule has 1 aliphatic heterocycles. The van der Waals surface area contributed by atoms with Gasteiger partial charge in [-0.05, 0) is 19.3 Å². The topological polar surface area (TPSA) is 106 Å². The van der Waals surface area contributed by atoms with Crippen molar-refractivity contribution in [1.82, 2.24) is 15.0 Å². The Labute approximate surface area is 124 Å². The molecule has 0 bridgehead atoms. The number of nitrogens with one attached hydrogen (secondary N) is 2. The van der Waals surface area contributed by atoms with Crippen molar-refractivity contribution >= 4 is 17.8 Å². The summed E-state index contributed by atoms with van der Waals surface area (Å²) in [6.07, 6.45) is 2.82. The van der Waals surface area contributed by atoms with Crippen LogP contribution in [0.25, 0.3) is 0 Å². The molecule has 4 N–H and O–H groups in total. The van der Waals surface area contributed by atoms with Gasteiger partial charge in [-0.25, -0.2) is 0 Å². The fourth-order valence-corrected chi connectivity index (χ4v) is 2.27. The van der Waals surface area contributed by atoms with Gasteiger partial charge in [0.25, 0.3) is 0 Å². The highest BCUT2D eigenvalue weighted by Gasteiger charge is 2.28. The van der Waals surface area contributed by atoms with Crippen molar-refractivity contribution in [2.45, 2.75) is 31.7 Å². The normalized spacial score (nSPS) is 15.3. The quantitative estimate of drug-likeness (QED) is 0.559. The molecular formula is C13H24N6O2. The maximum absolute atomic E-state index is 9.53. The average Bonchev–Trinajstić information content (AvgIpc) is 3.07. The van der Waals surface area contributed by atoms with Crippen molar-refractivity contribution in [3.05, 3.63) is 0 Å². The first-order valence-electron chi connectivity index (χ1n) is 7.35. The van der Waals surface area contributed by atoms with Crippen LogP contribution >= 0.6 is 0 Å². The molecule has 1 saturated heterocycles. The molecule has 0 aliphatic carbocycles. The first-order chi connectivity index (χ1) is 10.2. The molecule has 1 fully saturated rings. The van der Waals surface area contributed by atoms with Gasteiger partial charge in [-0.15, -0.1) is 0 Å². The number of hydrogen-bond acceptors (Lipinski definition) is 8. The Morgan fingerprint density at radius 3 is 2.24 bits per heavy atom. The summed E-state index contributed by atoms with van der Waals surface area (Å²) in [6, 6.07) is 0. The zero-order valence-electron chi connectivity index (χ0n) is 12.6. The van der Waals surface area contributed by atoms with Crippen LogP contribution in [0.15, 0.2) is 0 Å². The van der Waals surface area contributed by atoms with Crippen LogP contribution in [-0.2, 0) is 0 Å². The van der Waals surface area contributed by atoms with Gasteiger partial charge in [-0.1, -0.05) is 6.92 Å². The summed E-state index contributed by atoms with van der Waals surface area (Å²) in [5.74, 6) is 1.45. The third kappa shape index (κ3) is 3.51. The summed E-state index contributed by atoms with van der Waals surface area (Å²) in [6.45, 7) is 3.37. The van der Waals surface area contributed by atoms with Crippen molar-refractivity contribution < 1.29 is 10.2 Å². The molecule has 1 aromatic rings. The highest BCUT2D eigenvalue weighted by atomic mass is 16.3. The first-order valence-corrected chi connectivity index (χ1v) is 7.35. The maximum atomic E-state index is 9.53. The summed E-state index contributed by atoms with van der Waals surface area (Å²) < 4.78 is 0. The van der Waals surface area contributed by atoms with Gasteiger partial charge in [-0.2, -0.15) is 15.0 Å². The van der Waals surface area contributed by atoms with Crippen molar-refractivity contribution in [3.63, 3.8) is 0 Å². The van der Waals surface area contributed by atoms with E-state index >= 15 is 0 Å². The van der Waals surface area contributed by atoms with E-state index in [1.807, 2.05) is 6.92 Å². The third-order valence-corrected chi connectivity index (χ3v) is 3.90. The zero-order chi connectivity index (χ0) is 15.3. The molecule has 0 amide bonds.